The first-order valence-electron chi connectivity index (χ1n) is 4.50. The second kappa shape index (κ2) is 3.28. The molecule has 1 N–H and O–H groups in total. The molecule has 0 saturated carbocycles. The van der Waals surface area contributed by atoms with Crippen molar-refractivity contribution in [3.05, 3.63) is 42.2 Å². The normalized spacial score (nSPS) is 10.5. The van der Waals surface area contributed by atoms with E-state index in [0.717, 1.165) is 11.0 Å². The summed E-state index contributed by atoms with van der Waals surface area (Å²) in [5.41, 5.74) is 1.76. The van der Waals surface area contributed by atoms with Gasteiger partial charge >= 0.3 is 5.97 Å². The Hall–Kier alpha value is -2.03. The molecule has 0 spiro atoms. The number of carboxylic acid groups (broad SMARTS) is 1. The van der Waals surface area contributed by atoms with E-state index in [9.17, 15) is 4.79 Å². The molecule has 15 heavy (non-hydrogen) atoms. The fourth-order valence-electron chi connectivity index (χ4n) is 1.39. The van der Waals surface area contributed by atoms with Crippen molar-refractivity contribution in [3.63, 3.8) is 0 Å². The van der Waals surface area contributed by atoms with Crippen LogP contribution in [0.3, 0.4) is 0 Å². The summed E-state index contributed by atoms with van der Waals surface area (Å²) < 4.78 is 5.47. The highest BCUT2D eigenvalue weighted by atomic mass is 16.4. The molecule has 3 heteroatoms. The molecule has 2 rings (SSSR count). The van der Waals surface area contributed by atoms with Crippen LogP contribution in [0.15, 0.2) is 35.3 Å². The summed E-state index contributed by atoms with van der Waals surface area (Å²) in [6.07, 6.45) is 0. The molecule has 0 radical (unpaired) electrons. The van der Waals surface area contributed by atoms with Crippen LogP contribution >= 0.6 is 0 Å². The summed E-state index contributed by atoms with van der Waals surface area (Å²) in [6.45, 7) is 5.61. The predicted molar refractivity (Wildman–Crippen MR) is 57.9 cm³/mol. The highest BCUT2D eigenvalue weighted by Crippen LogP contribution is 2.24. The molecule has 1 aromatic heterocycles. The number of benzene rings is 1. The van der Waals surface area contributed by atoms with Crippen LogP contribution in [0, 0.1) is 0 Å². The molecule has 0 bridgehead atoms. The summed E-state index contributed by atoms with van der Waals surface area (Å²) in [5.74, 6) is -0.248. The SMILES string of the molecule is C=C(C)c1cc2cc(C(=O)O)ccc2o1. The van der Waals surface area contributed by atoms with Crippen molar-refractivity contribution >= 4 is 22.5 Å². The zero-order valence-corrected chi connectivity index (χ0v) is 8.28. The summed E-state index contributed by atoms with van der Waals surface area (Å²) >= 11 is 0. The van der Waals surface area contributed by atoms with Crippen molar-refractivity contribution in [2.75, 3.05) is 0 Å². The Kier molecular flexibility index (Phi) is 2.08. The lowest BCUT2D eigenvalue weighted by Crippen LogP contribution is -1.94. The third-order valence-electron chi connectivity index (χ3n) is 2.18. The van der Waals surface area contributed by atoms with Crippen molar-refractivity contribution in [3.8, 4) is 0 Å². The third-order valence-corrected chi connectivity index (χ3v) is 2.18. The fourth-order valence-corrected chi connectivity index (χ4v) is 1.39. The number of carbonyl (C=O) groups is 1. The summed E-state index contributed by atoms with van der Waals surface area (Å²) in [5, 5.41) is 9.60. The van der Waals surface area contributed by atoms with Gasteiger partial charge in [-0.1, -0.05) is 6.58 Å². The number of hydrogen-bond acceptors (Lipinski definition) is 2. The van der Waals surface area contributed by atoms with Crippen molar-refractivity contribution in [1.82, 2.24) is 0 Å². The average Bonchev–Trinajstić information content (AvgIpc) is 2.59. The van der Waals surface area contributed by atoms with E-state index in [1.54, 1.807) is 18.2 Å². The van der Waals surface area contributed by atoms with Crippen molar-refractivity contribution in [2.24, 2.45) is 0 Å². The van der Waals surface area contributed by atoms with Crippen LogP contribution in [-0.4, -0.2) is 11.1 Å². The zero-order valence-electron chi connectivity index (χ0n) is 8.28. The van der Waals surface area contributed by atoms with E-state index in [2.05, 4.69) is 6.58 Å². The Balaban J connectivity index is 2.62. The van der Waals surface area contributed by atoms with Gasteiger partial charge in [0.25, 0.3) is 0 Å². The van der Waals surface area contributed by atoms with Gasteiger partial charge in [-0.15, -0.1) is 0 Å². The molecule has 0 saturated heterocycles. The highest BCUT2D eigenvalue weighted by molar-refractivity contribution is 5.93. The van der Waals surface area contributed by atoms with Gasteiger partial charge in [0.15, 0.2) is 0 Å². The standard InChI is InChI=1S/C12H10O3/c1-7(2)11-6-9-5-8(12(13)14)3-4-10(9)15-11/h3-6H,1H2,2H3,(H,13,14). The molecule has 0 amide bonds. The third kappa shape index (κ3) is 1.64. The molecule has 0 aliphatic rings. The zero-order chi connectivity index (χ0) is 11.0. The lowest BCUT2D eigenvalue weighted by atomic mass is 10.1. The quantitative estimate of drug-likeness (QED) is 0.813. The molecule has 3 nitrogen and oxygen atoms in total. The minimum atomic E-state index is -0.935. The maximum Gasteiger partial charge on any atom is 0.335 e. The number of hydrogen-bond donors (Lipinski definition) is 1. The smallest absolute Gasteiger partial charge is 0.335 e. The first-order valence-corrected chi connectivity index (χ1v) is 4.50. The van der Waals surface area contributed by atoms with E-state index >= 15 is 0 Å². The van der Waals surface area contributed by atoms with Gasteiger partial charge in [0.1, 0.15) is 11.3 Å². The minimum absolute atomic E-state index is 0.261. The van der Waals surface area contributed by atoms with E-state index in [4.69, 9.17) is 9.52 Å². The van der Waals surface area contributed by atoms with Crippen molar-refractivity contribution in [1.29, 1.82) is 0 Å². The van der Waals surface area contributed by atoms with Crippen molar-refractivity contribution in [2.45, 2.75) is 6.92 Å². The van der Waals surface area contributed by atoms with E-state index in [-0.39, 0.29) is 5.56 Å². The molecule has 2 aromatic rings. The van der Waals surface area contributed by atoms with Gasteiger partial charge in [0.2, 0.25) is 0 Å². The van der Waals surface area contributed by atoms with E-state index in [1.807, 2.05) is 6.92 Å². The van der Waals surface area contributed by atoms with E-state index in [0.29, 0.717) is 11.3 Å². The molecule has 0 fully saturated rings. The van der Waals surface area contributed by atoms with Crippen molar-refractivity contribution < 1.29 is 14.3 Å². The lowest BCUT2D eigenvalue weighted by molar-refractivity contribution is 0.0697. The summed E-state index contributed by atoms with van der Waals surface area (Å²) in [6, 6.07) is 6.57. The Bertz CT molecular complexity index is 537. The number of allylic oxidation sites excluding steroid dienone is 1. The second-order valence-corrected chi connectivity index (χ2v) is 3.45. The Labute approximate surface area is 86.6 Å². The Morgan fingerprint density at radius 3 is 2.73 bits per heavy atom. The van der Waals surface area contributed by atoms with Crippen LogP contribution in [0.4, 0.5) is 0 Å². The van der Waals surface area contributed by atoms with Gasteiger partial charge in [-0.05, 0) is 36.8 Å². The highest BCUT2D eigenvalue weighted by Gasteiger charge is 2.08. The number of furan rings is 1. The molecule has 0 aliphatic heterocycles. The molecule has 1 aromatic carbocycles. The van der Waals surface area contributed by atoms with Crippen LogP contribution in [-0.2, 0) is 0 Å². The first-order chi connectivity index (χ1) is 7.08. The number of rotatable bonds is 2. The molecular formula is C12H10O3. The Morgan fingerprint density at radius 1 is 1.40 bits per heavy atom. The second-order valence-electron chi connectivity index (χ2n) is 3.45. The molecular weight excluding hydrogens is 192 g/mol. The van der Waals surface area contributed by atoms with Gasteiger partial charge < -0.3 is 9.52 Å². The minimum Gasteiger partial charge on any atom is -0.478 e. The van der Waals surface area contributed by atoms with E-state index < -0.39 is 5.97 Å². The van der Waals surface area contributed by atoms with Crippen LogP contribution in [0.1, 0.15) is 23.0 Å². The predicted octanol–water partition coefficient (Wildman–Crippen LogP) is 3.16. The van der Waals surface area contributed by atoms with Crippen LogP contribution < -0.4 is 0 Å². The maximum absolute atomic E-state index is 10.7. The first kappa shape index (κ1) is 9.52. The maximum atomic E-state index is 10.7. The number of aromatic carboxylic acids is 1. The number of fused-ring (bicyclic) bond motifs is 1. The van der Waals surface area contributed by atoms with Crippen LogP contribution in [0.2, 0.25) is 0 Å². The molecule has 0 atom stereocenters. The van der Waals surface area contributed by atoms with Gasteiger partial charge in [0, 0.05) is 5.39 Å². The molecule has 76 valence electrons. The average molecular weight is 202 g/mol. The van der Waals surface area contributed by atoms with Gasteiger partial charge in [-0.3, -0.25) is 0 Å². The van der Waals surface area contributed by atoms with E-state index in [1.165, 1.54) is 6.07 Å². The fraction of sp³-hybridized carbons (Fsp3) is 0.0833. The number of carboxylic acids is 1. The van der Waals surface area contributed by atoms with Gasteiger partial charge in [-0.25, -0.2) is 4.79 Å². The monoisotopic (exact) mass is 202 g/mol. The summed E-state index contributed by atoms with van der Waals surface area (Å²) in [4.78, 5) is 10.7. The molecule has 1 heterocycles. The molecule has 0 unspecified atom stereocenters. The van der Waals surface area contributed by atoms with Gasteiger partial charge in [0.05, 0.1) is 5.56 Å². The lowest BCUT2D eigenvalue weighted by Gasteiger charge is -1.92. The van der Waals surface area contributed by atoms with Crippen LogP contribution in [0.25, 0.3) is 16.5 Å². The topological polar surface area (TPSA) is 50.4 Å². The largest absolute Gasteiger partial charge is 0.478 e. The van der Waals surface area contributed by atoms with Crippen LogP contribution in [0.5, 0.6) is 0 Å². The molecule has 0 aliphatic carbocycles. The Morgan fingerprint density at radius 2 is 2.13 bits per heavy atom. The van der Waals surface area contributed by atoms with Gasteiger partial charge in [-0.2, -0.15) is 0 Å². The summed E-state index contributed by atoms with van der Waals surface area (Å²) in [7, 11) is 0.